The Hall–Kier alpha value is -2.63. The van der Waals surface area contributed by atoms with Crippen molar-refractivity contribution >= 4 is 34.5 Å². The van der Waals surface area contributed by atoms with E-state index in [2.05, 4.69) is 26.8 Å². The zero-order valence-corrected chi connectivity index (χ0v) is 27.0. The number of hydrogen-bond donors (Lipinski definition) is 2. The first-order chi connectivity index (χ1) is 20.2. The molecule has 2 aromatic heterocycles. The minimum absolute atomic E-state index is 0.0271. The van der Waals surface area contributed by atoms with Crippen molar-refractivity contribution in [3.63, 3.8) is 0 Å². The van der Waals surface area contributed by atoms with E-state index < -0.39 is 22.7 Å². The highest BCUT2D eigenvalue weighted by Crippen LogP contribution is 2.25. The third kappa shape index (κ3) is 11.2. The zero-order chi connectivity index (χ0) is 30.4. The number of esters is 1. The molecule has 1 aromatic carbocycles. The van der Waals surface area contributed by atoms with Gasteiger partial charge in [0, 0.05) is 6.54 Å². The van der Waals surface area contributed by atoms with Crippen molar-refractivity contribution in [2.24, 2.45) is 0 Å². The molecule has 0 radical (unpaired) electrons. The van der Waals surface area contributed by atoms with E-state index in [1.807, 2.05) is 20.8 Å². The van der Waals surface area contributed by atoms with Gasteiger partial charge in [0.2, 0.25) is 0 Å². The predicted octanol–water partition coefficient (Wildman–Crippen LogP) is 6.78. The van der Waals surface area contributed by atoms with Gasteiger partial charge >= 0.3 is 5.97 Å². The lowest BCUT2D eigenvalue weighted by Crippen LogP contribution is -2.29. The monoisotopic (exact) mass is 623 g/mol. The highest BCUT2D eigenvalue weighted by molar-refractivity contribution is 7.78. The van der Waals surface area contributed by atoms with E-state index in [-0.39, 0.29) is 19.6 Å². The number of halogens is 1. The molecule has 0 saturated heterocycles. The quantitative estimate of drug-likeness (QED) is 0.0991. The molecule has 3 aromatic rings. The first-order valence-corrected chi connectivity index (χ1v) is 16.5. The number of aromatic nitrogens is 4. The molecule has 2 N–H and O–H groups in total. The highest BCUT2D eigenvalue weighted by Gasteiger charge is 2.29. The number of aryl methyl sites for hydroxylation is 1. The smallest absolute Gasteiger partial charge is 0.307 e. The molecule has 0 bridgehead atoms. The zero-order valence-electron chi connectivity index (χ0n) is 25.4. The molecule has 0 aliphatic rings. The molecule has 0 spiro atoms. The fourth-order valence-electron chi connectivity index (χ4n) is 4.32. The summed E-state index contributed by atoms with van der Waals surface area (Å²) in [6.45, 7) is 8.75. The van der Waals surface area contributed by atoms with Crippen molar-refractivity contribution < 1.29 is 22.7 Å². The van der Waals surface area contributed by atoms with Gasteiger partial charge in [-0.15, -0.1) is 5.10 Å². The van der Waals surface area contributed by atoms with Gasteiger partial charge < -0.3 is 13.7 Å². The van der Waals surface area contributed by atoms with Gasteiger partial charge in [0.15, 0.2) is 11.5 Å². The fraction of sp³-hybridized carbons (Fsp3) is 0.633. The lowest BCUT2D eigenvalue weighted by atomic mass is 9.94. The van der Waals surface area contributed by atoms with Crippen LogP contribution in [0.5, 0.6) is 11.5 Å². The number of fused-ring (bicyclic) bond motifs is 1. The van der Waals surface area contributed by atoms with Crippen LogP contribution in [0.25, 0.3) is 5.65 Å². The molecule has 10 nitrogen and oxygen atoms in total. The molecular formula is C30H46ClN5O5S. The lowest BCUT2D eigenvalue weighted by Gasteiger charge is -2.20. The van der Waals surface area contributed by atoms with E-state index in [1.165, 1.54) is 62.4 Å². The van der Waals surface area contributed by atoms with Crippen LogP contribution in [0.4, 0.5) is 0 Å². The summed E-state index contributed by atoms with van der Waals surface area (Å²) < 4.78 is 33.0. The summed E-state index contributed by atoms with van der Waals surface area (Å²) >= 11 is 4.43. The van der Waals surface area contributed by atoms with Gasteiger partial charge in [-0.3, -0.25) is 9.89 Å². The summed E-state index contributed by atoms with van der Waals surface area (Å²) in [5.74, 6) is 1.26. The summed E-state index contributed by atoms with van der Waals surface area (Å²) in [5, 5.41) is 7.93. The molecule has 234 valence electrons. The molecule has 2 heterocycles. The molecule has 42 heavy (non-hydrogen) atoms. The Balaban J connectivity index is 1.24. The van der Waals surface area contributed by atoms with Crippen molar-refractivity contribution in [3.8, 4) is 11.5 Å². The molecule has 3 rings (SSSR count). The van der Waals surface area contributed by atoms with E-state index in [1.54, 1.807) is 24.3 Å². The largest absolute Gasteiger partial charge is 0.494 e. The molecule has 1 atom stereocenters. The van der Waals surface area contributed by atoms with E-state index in [9.17, 15) is 9.00 Å². The third-order valence-corrected chi connectivity index (χ3v) is 8.15. The summed E-state index contributed by atoms with van der Waals surface area (Å²) in [6, 6.07) is 7.02. The average Bonchev–Trinajstić information content (AvgIpc) is 3.50. The maximum Gasteiger partial charge on any atom is 0.307 e. The Morgan fingerprint density at radius 2 is 1.64 bits per heavy atom. The van der Waals surface area contributed by atoms with Gasteiger partial charge in [-0.2, -0.15) is 8.84 Å². The summed E-state index contributed by atoms with van der Waals surface area (Å²) in [6.07, 6.45) is 12.9. The van der Waals surface area contributed by atoms with E-state index in [0.29, 0.717) is 28.9 Å². The minimum atomic E-state index is -1.80. The van der Waals surface area contributed by atoms with Crippen LogP contribution >= 0.6 is 11.6 Å². The Morgan fingerprint density at radius 3 is 2.29 bits per heavy atom. The van der Waals surface area contributed by atoms with E-state index in [0.717, 1.165) is 17.9 Å². The molecule has 0 fully saturated rings. The minimum Gasteiger partial charge on any atom is -0.494 e. The van der Waals surface area contributed by atoms with Gasteiger partial charge in [0.25, 0.3) is 11.3 Å². The van der Waals surface area contributed by atoms with Crippen LogP contribution in [0.15, 0.2) is 24.3 Å². The molecule has 12 heteroatoms. The first kappa shape index (κ1) is 33.9. The second-order valence-corrected chi connectivity index (χ2v) is 12.5. The molecule has 0 saturated carbocycles. The Bertz CT molecular complexity index is 1260. The number of unbranched alkanes of at least 4 members (excludes halogenated alkanes) is 9. The number of carbonyl (C=O) groups excluding carboxylic acids is 1. The van der Waals surface area contributed by atoms with Crippen LogP contribution in [0.1, 0.15) is 103 Å². The van der Waals surface area contributed by atoms with Crippen LogP contribution in [0, 0.1) is 6.92 Å². The van der Waals surface area contributed by atoms with Gasteiger partial charge in [0.1, 0.15) is 23.1 Å². The second kappa shape index (κ2) is 17.5. The number of nitrogens with one attached hydrogen (secondary N) is 2. The summed E-state index contributed by atoms with van der Waals surface area (Å²) in [7, 11) is 0. The predicted molar refractivity (Wildman–Crippen MR) is 166 cm³/mol. The second-order valence-electron chi connectivity index (χ2n) is 11.2. The van der Waals surface area contributed by atoms with Crippen LogP contribution in [-0.4, -0.2) is 49.7 Å². The number of H-pyrrole nitrogens is 1. The molecule has 1 unspecified atom stereocenters. The van der Waals surface area contributed by atoms with Crippen LogP contribution in [0.2, 0.25) is 5.02 Å². The average molecular weight is 624 g/mol. The van der Waals surface area contributed by atoms with Crippen LogP contribution in [-0.2, 0) is 26.2 Å². The van der Waals surface area contributed by atoms with Gasteiger partial charge in [-0.25, -0.2) is 9.71 Å². The van der Waals surface area contributed by atoms with Crippen LogP contribution < -0.4 is 13.6 Å². The first-order valence-electron chi connectivity index (χ1n) is 15.0. The van der Waals surface area contributed by atoms with Gasteiger partial charge in [-0.1, -0.05) is 76.3 Å². The molecule has 0 aliphatic carbocycles. The number of hydrogen-bond acceptors (Lipinski definition) is 7. The maximum atomic E-state index is 12.2. The third-order valence-electron chi connectivity index (χ3n) is 6.92. The SMILES string of the molecule is CCCCCCCCCCCCOc1ccc(OS(=O)NCCC(=O)OCC(C)(C)c2nc3c(Cl)c(C)[nH]n3n2)cc1. The lowest BCUT2D eigenvalue weighted by molar-refractivity contribution is -0.145. The number of ether oxygens (including phenoxy) is 2. The Labute approximate surface area is 257 Å². The van der Waals surface area contributed by atoms with E-state index >= 15 is 0 Å². The number of rotatable bonds is 21. The summed E-state index contributed by atoms with van der Waals surface area (Å²) in [5.41, 5.74) is 0.682. The fourth-order valence-corrected chi connectivity index (χ4v) is 5.09. The van der Waals surface area contributed by atoms with Crippen molar-refractivity contribution in [2.45, 2.75) is 104 Å². The van der Waals surface area contributed by atoms with Crippen molar-refractivity contribution in [2.75, 3.05) is 19.8 Å². The van der Waals surface area contributed by atoms with Gasteiger partial charge in [-0.05, 0) is 51.5 Å². The molecular weight excluding hydrogens is 578 g/mol. The number of nitrogens with zero attached hydrogens (tertiary/aromatic N) is 3. The molecule has 0 aliphatic heterocycles. The van der Waals surface area contributed by atoms with E-state index in [4.69, 9.17) is 25.3 Å². The number of benzene rings is 1. The Kier molecular flexibility index (Phi) is 14.1. The normalized spacial score (nSPS) is 12.5. The van der Waals surface area contributed by atoms with Gasteiger partial charge in [0.05, 0.1) is 24.1 Å². The number of aromatic amines is 1. The van der Waals surface area contributed by atoms with Crippen molar-refractivity contribution in [1.82, 2.24) is 24.5 Å². The topological polar surface area (TPSA) is 120 Å². The van der Waals surface area contributed by atoms with Crippen molar-refractivity contribution in [3.05, 3.63) is 40.8 Å². The maximum absolute atomic E-state index is 12.2. The van der Waals surface area contributed by atoms with Crippen LogP contribution in [0.3, 0.4) is 0 Å². The summed E-state index contributed by atoms with van der Waals surface area (Å²) in [4.78, 5) is 16.7. The standard InChI is InChI=1S/C30H46ClN5O5S/c1-5-6-7-8-9-10-11-12-13-14-21-39-24-15-17-25(18-16-24)41-42(38)32-20-19-26(37)40-22-30(3,4)29-33-28-27(31)23(2)34-36(28)35-29/h15-18,32,34H,5-14,19-22H2,1-4H3. The van der Waals surface area contributed by atoms with Crippen molar-refractivity contribution in [1.29, 1.82) is 0 Å². The highest BCUT2D eigenvalue weighted by atomic mass is 35.5. The molecule has 0 amide bonds. The number of carbonyl (C=O) groups is 1. The Morgan fingerprint density at radius 1 is 1.02 bits per heavy atom.